The van der Waals surface area contributed by atoms with Crippen molar-refractivity contribution >= 4 is 34.7 Å². The molecule has 2 aromatic carbocycles. The predicted octanol–water partition coefficient (Wildman–Crippen LogP) is 3.79. The number of benzene rings is 2. The maximum Gasteiger partial charge on any atom is 0.337 e. The second-order valence-electron chi connectivity index (χ2n) is 6.39. The van der Waals surface area contributed by atoms with Gasteiger partial charge in [-0.05, 0) is 55.9 Å². The Labute approximate surface area is 167 Å². The molecule has 0 spiro atoms. The number of anilines is 1. The number of esters is 1. The zero-order valence-corrected chi connectivity index (χ0v) is 16.4. The fraction of sp³-hybridized carbons (Fsp3) is 0.200. The van der Waals surface area contributed by atoms with E-state index in [0.717, 1.165) is 11.3 Å². The molecule has 0 saturated carbocycles. The molecular formula is C20H19N3O4S. The number of nitrogens with one attached hydrogen (secondary N) is 1. The van der Waals surface area contributed by atoms with Crippen molar-refractivity contribution in [3.05, 3.63) is 81.0 Å². The van der Waals surface area contributed by atoms with E-state index >= 15 is 0 Å². The molecule has 28 heavy (non-hydrogen) atoms. The Morgan fingerprint density at radius 2 is 1.75 bits per heavy atom. The van der Waals surface area contributed by atoms with E-state index < -0.39 is 16.9 Å². The molecule has 0 amide bonds. The van der Waals surface area contributed by atoms with Crippen molar-refractivity contribution < 1.29 is 14.5 Å². The van der Waals surface area contributed by atoms with Gasteiger partial charge in [-0.2, -0.15) is 0 Å². The van der Waals surface area contributed by atoms with Gasteiger partial charge >= 0.3 is 5.97 Å². The summed E-state index contributed by atoms with van der Waals surface area (Å²) < 4.78 is 5.00. The Bertz CT molecular complexity index is 968. The van der Waals surface area contributed by atoms with Crippen LogP contribution in [-0.2, 0) is 9.53 Å². The molecule has 0 bridgehead atoms. The lowest BCUT2D eigenvalue weighted by atomic mass is 9.94. The van der Waals surface area contributed by atoms with Crippen LogP contribution in [0.2, 0.25) is 0 Å². The maximum absolute atomic E-state index is 12.6. The standard InChI is InChI=1S/C20H19N3O4S/c1-12-4-8-15(9-5-12)22-13(2)17(19(24)27-3)18(21-20(22)28)14-6-10-16(11-7-14)23(25)26/h4-11,18H,1-3H3,(H,21,28)/t18-/m0/s1. The SMILES string of the molecule is COC(=O)C1=C(C)N(c2ccc(C)cc2)C(=S)N[C@H]1c1ccc([N+](=O)[O-])cc1. The number of methoxy groups -OCH3 is 1. The predicted molar refractivity (Wildman–Crippen MR) is 110 cm³/mol. The number of carbonyl (C=O) groups excluding carboxylic acids is 1. The molecule has 0 radical (unpaired) electrons. The summed E-state index contributed by atoms with van der Waals surface area (Å²) in [6.07, 6.45) is 0. The van der Waals surface area contributed by atoms with Crippen molar-refractivity contribution in [3.8, 4) is 0 Å². The molecule has 2 aromatic rings. The minimum atomic E-state index is -0.567. The third-order valence-electron chi connectivity index (χ3n) is 4.62. The smallest absolute Gasteiger partial charge is 0.337 e. The van der Waals surface area contributed by atoms with Gasteiger partial charge in [-0.25, -0.2) is 4.79 Å². The van der Waals surface area contributed by atoms with E-state index in [-0.39, 0.29) is 5.69 Å². The van der Waals surface area contributed by atoms with Gasteiger partial charge in [0.05, 0.1) is 23.6 Å². The van der Waals surface area contributed by atoms with Crippen molar-refractivity contribution in [1.82, 2.24) is 5.32 Å². The topological polar surface area (TPSA) is 84.7 Å². The zero-order valence-electron chi connectivity index (χ0n) is 15.6. The number of hydrogen-bond donors (Lipinski definition) is 1. The van der Waals surface area contributed by atoms with Crippen LogP contribution in [0.3, 0.4) is 0 Å². The Morgan fingerprint density at radius 3 is 2.29 bits per heavy atom. The van der Waals surface area contributed by atoms with Gasteiger partial charge in [0.1, 0.15) is 0 Å². The Kier molecular flexibility index (Phi) is 5.41. The van der Waals surface area contributed by atoms with Gasteiger partial charge in [-0.3, -0.25) is 15.0 Å². The number of nitro groups is 1. The number of non-ortho nitro benzene ring substituents is 1. The lowest BCUT2D eigenvalue weighted by molar-refractivity contribution is -0.384. The molecule has 1 aliphatic heterocycles. The number of ether oxygens (including phenoxy) is 1. The molecule has 8 heteroatoms. The fourth-order valence-electron chi connectivity index (χ4n) is 3.16. The van der Waals surface area contributed by atoms with Gasteiger partial charge in [-0.1, -0.05) is 17.7 Å². The number of aryl methyl sites for hydroxylation is 1. The Balaban J connectivity index is 2.09. The molecule has 1 N–H and O–H groups in total. The van der Waals surface area contributed by atoms with E-state index in [1.807, 2.05) is 31.2 Å². The molecule has 3 rings (SSSR count). The van der Waals surface area contributed by atoms with Crippen LogP contribution < -0.4 is 10.2 Å². The summed E-state index contributed by atoms with van der Waals surface area (Å²) in [4.78, 5) is 24.8. The molecule has 0 aliphatic carbocycles. The summed E-state index contributed by atoms with van der Waals surface area (Å²) in [5, 5.41) is 14.5. The molecule has 0 aromatic heterocycles. The number of hydrogen-bond acceptors (Lipinski definition) is 5. The molecule has 0 unspecified atom stereocenters. The van der Waals surface area contributed by atoms with E-state index in [0.29, 0.717) is 21.9 Å². The molecular weight excluding hydrogens is 378 g/mol. The molecule has 1 aliphatic rings. The van der Waals surface area contributed by atoms with E-state index in [1.165, 1.54) is 19.2 Å². The second-order valence-corrected chi connectivity index (χ2v) is 6.78. The third kappa shape index (κ3) is 3.59. The largest absolute Gasteiger partial charge is 0.466 e. The van der Waals surface area contributed by atoms with Gasteiger partial charge in [0.2, 0.25) is 0 Å². The van der Waals surface area contributed by atoms with Crippen LogP contribution >= 0.6 is 12.2 Å². The highest BCUT2D eigenvalue weighted by Gasteiger charge is 2.35. The van der Waals surface area contributed by atoms with Crippen LogP contribution in [0, 0.1) is 17.0 Å². The van der Waals surface area contributed by atoms with Crippen LogP contribution in [-0.4, -0.2) is 23.1 Å². The molecule has 144 valence electrons. The minimum absolute atomic E-state index is 0.0243. The maximum atomic E-state index is 12.6. The first kappa shape index (κ1) is 19.5. The van der Waals surface area contributed by atoms with E-state index in [2.05, 4.69) is 5.32 Å². The molecule has 0 saturated heterocycles. The van der Waals surface area contributed by atoms with Crippen LogP contribution in [0.25, 0.3) is 0 Å². The first-order valence-electron chi connectivity index (χ1n) is 8.54. The minimum Gasteiger partial charge on any atom is -0.466 e. The van der Waals surface area contributed by atoms with Gasteiger partial charge in [0.15, 0.2) is 5.11 Å². The normalized spacial score (nSPS) is 16.6. The Morgan fingerprint density at radius 1 is 1.14 bits per heavy atom. The van der Waals surface area contributed by atoms with Crippen LogP contribution in [0.1, 0.15) is 24.1 Å². The van der Waals surface area contributed by atoms with Crippen molar-refractivity contribution in [2.75, 3.05) is 12.0 Å². The summed E-state index contributed by atoms with van der Waals surface area (Å²) in [5.41, 5.74) is 3.62. The summed E-state index contributed by atoms with van der Waals surface area (Å²) >= 11 is 5.56. The van der Waals surface area contributed by atoms with Crippen molar-refractivity contribution in [2.24, 2.45) is 0 Å². The van der Waals surface area contributed by atoms with Gasteiger partial charge in [0.25, 0.3) is 5.69 Å². The summed E-state index contributed by atoms with van der Waals surface area (Å²) in [6.45, 7) is 3.79. The fourth-order valence-corrected chi connectivity index (χ4v) is 3.52. The molecule has 1 atom stereocenters. The first-order valence-corrected chi connectivity index (χ1v) is 8.95. The van der Waals surface area contributed by atoms with Crippen LogP contribution in [0.15, 0.2) is 59.8 Å². The highest BCUT2D eigenvalue weighted by Crippen LogP contribution is 2.34. The van der Waals surface area contributed by atoms with Crippen LogP contribution in [0.4, 0.5) is 11.4 Å². The number of thiocarbonyl (C=S) groups is 1. The quantitative estimate of drug-likeness (QED) is 0.364. The summed E-state index contributed by atoms with van der Waals surface area (Å²) in [5.74, 6) is -0.493. The average Bonchev–Trinajstić information content (AvgIpc) is 2.68. The zero-order chi connectivity index (χ0) is 20.4. The van der Waals surface area contributed by atoms with Gasteiger partial charge in [0, 0.05) is 23.5 Å². The highest BCUT2D eigenvalue weighted by atomic mass is 32.1. The average molecular weight is 397 g/mol. The van der Waals surface area contributed by atoms with Crippen molar-refractivity contribution in [1.29, 1.82) is 0 Å². The summed E-state index contributed by atoms with van der Waals surface area (Å²) in [6, 6.07) is 13.2. The van der Waals surface area contributed by atoms with Crippen molar-refractivity contribution in [2.45, 2.75) is 19.9 Å². The van der Waals surface area contributed by atoms with E-state index in [1.54, 1.807) is 24.0 Å². The highest BCUT2D eigenvalue weighted by molar-refractivity contribution is 7.80. The van der Waals surface area contributed by atoms with Crippen LogP contribution in [0.5, 0.6) is 0 Å². The number of carbonyl (C=O) groups is 1. The first-order chi connectivity index (χ1) is 13.3. The molecule has 1 heterocycles. The lowest BCUT2D eigenvalue weighted by Crippen LogP contribution is -2.48. The third-order valence-corrected chi connectivity index (χ3v) is 4.92. The second kappa shape index (κ2) is 7.77. The van der Waals surface area contributed by atoms with Crippen molar-refractivity contribution in [3.63, 3.8) is 0 Å². The lowest BCUT2D eigenvalue weighted by Gasteiger charge is -2.37. The Hall–Kier alpha value is -3.26. The van der Waals surface area contributed by atoms with E-state index in [4.69, 9.17) is 17.0 Å². The van der Waals surface area contributed by atoms with E-state index in [9.17, 15) is 14.9 Å². The monoisotopic (exact) mass is 397 g/mol. The van der Waals surface area contributed by atoms with Gasteiger partial charge in [-0.15, -0.1) is 0 Å². The molecule has 7 nitrogen and oxygen atoms in total. The number of allylic oxidation sites excluding steroid dienone is 1. The number of nitro benzene ring substituents is 1. The number of nitrogens with zero attached hydrogens (tertiary/aromatic N) is 2. The molecule has 0 fully saturated rings. The van der Waals surface area contributed by atoms with Gasteiger partial charge < -0.3 is 10.1 Å². The number of rotatable bonds is 4. The summed E-state index contributed by atoms with van der Waals surface area (Å²) in [7, 11) is 1.32.